The molecule has 0 aromatic carbocycles. The first-order valence-corrected chi connectivity index (χ1v) is 9.74. The third-order valence-corrected chi connectivity index (χ3v) is 5.26. The third-order valence-electron chi connectivity index (χ3n) is 2.79. The zero-order chi connectivity index (χ0) is 18.5. The summed E-state index contributed by atoms with van der Waals surface area (Å²) < 4.78 is 9.27. The van der Waals surface area contributed by atoms with Crippen LogP contribution >= 0.6 is 21.6 Å². The van der Waals surface area contributed by atoms with E-state index in [9.17, 15) is 19.2 Å². The van der Waals surface area contributed by atoms with Crippen LogP contribution < -0.4 is 10.6 Å². The summed E-state index contributed by atoms with van der Waals surface area (Å²) in [5.41, 5.74) is 0. The first kappa shape index (κ1) is 22.6. The van der Waals surface area contributed by atoms with Crippen molar-refractivity contribution >= 4 is 45.3 Å². The van der Waals surface area contributed by atoms with Gasteiger partial charge in [0.25, 0.3) is 0 Å². The van der Waals surface area contributed by atoms with Crippen LogP contribution in [-0.4, -0.2) is 61.6 Å². The van der Waals surface area contributed by atoms with Gasteiger partial charge in [0.15, 0.2) is 0 Å². The predicted octanol–water partition coefficient (Wildman–Crippen LogP) is 0.503. The lowest BCUT2D eigenvalue weighted by Gasteiger charge is -2.16. The summed E-state index contributed by atoms with van der Waals surface area (Å²) in [4.78, 5) is 45.2. The van der Waals surface area contributed by atoms with Gasteiger partial charge in [-0.3, -0.25) is 9.59 Å². The Bertz CT molecular complexity index is 407. The van der Waals surface area contributed by atoms with E-state index in [1.165, 1.54) is 49.7 Å². The number of rotatable bonds is 11. The second-order valence-corrected chi connectivity index (χ2v) is 7.48. The molecule has 2 atom stereocenters. The van der Waals surface area contributed by atoms with E-state index < -0.39 is 24.0 Å². The summed E-state index contributed by atoms with van der Waals surface area (Å²) in [5, 5.41) is 5.08. The monoisotopic (exact) mass is 380 g/mol. The Morgan fingerprint density at radius 3 is 1.38 bits per heavy atom. The average Bonchev–Trinajstić information content (AvgIpc) is 2.53. The van der Waals surface area contributed by atoms with Crippen LogP contribution in [0.3, 0.4) is 0 Å². The zero-order valence-electron chi connectivity index (χ0n) is 14.2. The predicted molar refractivity (Wildman–Crippen MR) is 93.4 cm³/mol. The topological polar surface area (TPSA) is 111 Å². The highest BCUT2D eigenvalue weighted by Gasteiger charge is 2.21. The Morgan fingerprint density at radius 2 is 1.12 bits per heavy atom. The van der Waals surface area contributed by atoms with E-state index in [4.69, 9.17) is 0 Å². The van der Waals surface area contributed by atoms with Gasteiger partial charge < -0.3 is 20.1 Å². The number of nitrogens with one attached hydrogen (secondary N) is 2. The van der Waals surface area contributed by atoms with Crippen molar-refractivity contribution in [2.75, 3.05) is 25.7 Å². The SMILES string of the molecule is COC(=O)C(CCSSCCC(NC(C)=O)C(=O)OC)NC(C)=O. The maximum atomic E-state index is 11.5. The van der Waals surface area contributed by atoms with Crippen molar-refractivity contribution in [1.82, 2.24) is 10.6 Å². The number of ether oxygens (including phenoxy) is 2. The maximum Gasteiger partial charge on any atom is 0.328 e. The quantitative estimate of drug-likeness (QED) is 0.303. The van der Waals surface area contributed by atoms with Crippen molar-refractivity contribution in [3.8, 4) is 0 Å². The first-order chi connectivity index (χ1) is 11.3. The smallest absolute Gasteiger partial charge is 0.328 e. The molecule has 8 nitrogen and oxygen atoms in total. The molecule has 0 bridgehead atoms. The Hall–Kier alpha value is -1.42. The number of carbonyl (C=O) groups excluding carboxylic acids is 4. The Morgan fingerprint density at radius 1 is 0.792 bits per heavy atom. The lowest BCUT2D eigenvalue weighted by Crippen LogP contribution is -2.40. The van der Waals surface area contributed by atoms with Crippen molar-refractivity contribution in [1.29, 1.82) is 0 Å². The van der Waals surface area contributed by atoms with Gasteiger partial charge in [0.05, 0.1) is 14.2 Å². The zero-order valence-corrected chi connectivity index (χ0v) is 15.9. The van der Waals surface area contributed by atoms with Gasteiger partial charge in [0.1, 0.15) is 12.1 Å². The largest absolute Gasteiger partial charge is 0.467 e. The number of carbonyl (C=O) groups is 4. The molecule has 0 radical (unpaired) electrons. The van der Waals surface area contributed by atoms with E-state index in [2.05, 4.69) is 20.1 Å². The van der Waals surface area contributed by atoms with Crippen LogP contribution in [0.2, 0.25) is 0 Å². The highest BCUT2D eigenvalue weighted by Crippen LogP contribution is 2.24. The second kappa shape index (κ2) is 12.9. The van der Waals surface area contributed by atoms with Gasteiger partial charge in [-0.05, 0) is 12.8 Å². The molecule has 2 N–H and O–H groups in total. The van der Waals surface area contributed by atoms with Gasteiger partial charge in [-0.25, -0.2) is 9.59 Å². The van der Waals surface area contributed by atoms with Crippen LogP contribution in [0.25, 0.3) is 0 Å². The molecular weight excluding hydrogens is 356 g/mol. The number of methoxy groups -OCH3 is 2. The van der Waals surface area contributed by atoms with Crippen molar-refractivity contribution in [2.24, 2.45) is 0 Å². The van der Waals surface area contributed by atoms with E-state index in [1.54, 1.807) is 0 Å². The summed E-state index contributed by atoms with van der Waals surface area (Å²) in [7, 11) is 5.56. The van der Waals surface area contributed by atoms with E-state index in [0.29, 0.717) is 24.3 Å². The normalized spacial score (nSPS) is 12.7. The maximum absolute atomic E-state index is 11.5. The molecule has 0 saturated heterocycles. The fraction of sp³-hybridized carbons (Fsp3) is 0.714. The number of hydrogen-bond acceptors (Lipinski definition) is 8. The van der Waals surface area contributed by atoms with Crippen LogP contribution in [0.1, 0.15) is 26.7 Å². The highest BCUT2D eigenvalue weighted by molar-refractivity contribution is 8.76. The van der Waals surface area contributed by atoms with Gasteiger partial charge in [-0.2, -0.15) is 0 Å². The molecule has 0 aromatic heterocycles. The van der Waals surface area contributed by atoms with Gasteiger partial charge in [0.2, 0.25) is 11.8 Å². The molecule has 0 spiro atoms. The van der Waals surface area contributed by atoms with Crippen molar-refractivity contribution in [2.45, 2.75) is 38.8 Å². The molecule has 0 aliphatic carbocycles. The summed E-state index contributed by atoms with van der Waals surface area (Å²) in [6.07, 6.45) is 0.881. The third kappa shape index (κ3) is 10.4. The van der Waals surface area contributed by atoms with Crippen molar-refractivity contribution in [3.63, 3.8) is 0 Å². The van der Waals surface area contributed by atoms with Crippen LogP contribution in [0.15, 0.2) is 0 Å². The molecule has 2 unspecified atom stereocenters. The molecule has 0 heterocycles. The van der Waals surface area contributed by atoms with Gasteiger partial charge >= 0.3 is 11.9 Å². The minimum atomic E-state index is -0.664. The lowest BCUT2D eigenvalue weighted by atomic mass is 10.2. The van der Waals surface area contributed by atoms with E-state index in [0.717, 1.165) is 0 Å². The lowest BCUT2D eigenvalue weighted by molar-refractivity contribution is -0.145. The van der Waals surface area contributed by atoms with Gasteiger partial charge in [-0.15, -0.1) is 0 Å². The van der Waals surface area contributed by atoms with Crippen LogP contribution in [0, 0.1) is 0 Å². The molecule has 10 heteroatoms. The number of hydrogen-bond donors (Lipinski definition) is 2. The fourth-order valence-corrected chi connectivity index (χ4v) is 3.91. The molecule has 0 saturated carbocycles. The fourth-order valence-electron chi connectivity index (χ4n) is 1.72. The second-order valence-electron chi connectivity index (χ2n) is 4.77. The Kier molecular flexibility index (Phi) is 12.2. The molecule has 0 rings (SSSR count). The number of amides is 2. The average molecular weight is 380 g/mol. The Balaban J connectivity index is 4.09. The van der Waals surface area contributed by atoms with Crippen molar-refractivity contribution in [3.05, 3.63) is 0 Å². The number of esters is 2. The molecule has 2 amide bonds. The minimum Gasteiger partial charge on any atom is -0.467 e. The van der Waals surface area contributed by atoms with Crippen LogP contribution in [0.4, 0.5) is 0 Å². The highest BCUT2D eigenvalue weighted by atomic mass is 33.1. The molecular formula is C14H24N2O6S2. The van der Waals surface area contributed by atoms with E-state index >= 15 is 0 Å². The molecule has 0 aliphatic heterocycles. The standard InChI is InChI=1S/C14H24N2O6S2/c1-9(17)15-11(13(19)21-3)5-7-23-24-8-6-12(14(20)22-4)16-10(2)18/h11-12H,5-8H2,1-4H3,(H,15,17)(H,16,18). The molecule has 0 aromatic rings. The van der Waals surface area contributed by atoms with E-state index in [1.807, 2.05) is 0 Å². The summed E-state index contributed by atoms with van der Waals surface area (Å²) in [5.74, 6) is -0.306. The summed E-state index contributed by atoms with van der Waals surface area (Å²) >= 11 is 0. The van der Waals surface area contributed by atoms with Crippen LogP contribution in [0.5, 0.6) is 0 Å². The first-order valence-electron chi connectivity index (χ1n) is 7.26. The summed E-state index contributed by atoms with van der Waals surface area (Å²) in [6, 6.07) is -1.33. The van der Waals surface area contributed by atoms with Gasteiger partial charge in [-0.1, -0.05) is 21.6 Å². The minimum absolute atomic E-state index is 0.292. The van der Waals surface area contributed by atoms with E-state index in [-0.39, 0.29) is 11.8 Å². The summed E-state index contributed by atoms with van der Waals surface area (Å²) in [6.45, 7) is 2.68. The van der Waals surface area contributed by atoms with Crippen molar-refractivity contribution < 1.29 is 28.7 Å². The molecule has 0 fully saturated rings. The van der Waals surface area contributed by atoms with Gasteiger partial charge in [0, 0.05) is 25.4 Å². The van der Waals surface area contributed by atoms with Crippen LogP contribution in [-0.2, 0) is 28.7 Å². The molecule has 138 valence electrons. The Labute approximate surface area is 149 Å². The molecule has 24 heavy (non-hydrogen) atoms. The molecule has 0 aliphatic rings.